The van der Waals surface area contributed by atoms with Gasteiger partial charge >= 0.3 is 12.0 Å². The van der Waals surface area contributed by atoms with E-state index < -0.39 is 5.97 Å². The van der Waals surface area contributed by atoms with E-state index in [2.05, 4.69) is 17.6 Å². The Kier molecular flexibility index (Phi) is 6.12. The van der Waals surface area contributed by atoms with Crippen LogP contribution < -0.4 is 10.6 Å². The predicted molar refractivity (Wildman–Crippen MR) is 74.0 cm³/mol. The number of carbonyl (C=O) groups is 2. The zero-order valence-corrected chi connectivity index (χ0v) is 12.1. The minimum atomic E-state index is -0.884. The molecule has 0 radical (unpaired) electrons. The monoisotopic (exact) mass is 270 g/mol. The van der Waals surface area contributed by atoms with Crippen LogP contribution in [0.5, 0.6) is 0 Å². The maximum Gasteiger partial charge on any atom is 0.315 e. The van der Waals surface area contributed by atoms with Crippen LogP contribution in [-0.2, 0) is 4.79 Å². The SMILES string of the molecule is CC1CCCC(NC(=O)NC(CC(=O)O)C(C)C)C1. The Balaban J connectivity index is 2.41. The second kappa shape index (κ2) is 7.36. The Morgan fingerprint density at radius 1 is 1.32 bits per heavy atom. The highest BCUT2D eigenvalue weighted by atomic mass is 16.4. The van der Waals surface area contributed by atoms with Crippen LogP contribution in [-0.4, -0.2) is 29.2 Å². The first-order valence-electron chi connectivity index (χ1n) is 7.17. The van der Waals surface area contributed by atoms with Crippen molar-refractivity contribution in [3.8, 4) is 0 Å². The number of carboxylic acids is 1. The van der Waals surface area contributed by atoms with Crippen molar-refractivity contribution in [3.63, 3.8) is 0 Å². The molecule has 1 saturated carbocycles. The molecule has 5 heteroatoms. The number of rotatable bonds is 5. The van der Waals surface area contributed by atoms with Crippen molar-refractivity contribution in [1.82, 2.24) is 10.6 Å². The Morgan fingerprint density at radius 2 is 2.00 bits per heavy atom. The fraction of sp³-hybridized carbons (Fsp3) is 0.857. The van der Waals surface area contributed by atoms with Gasteiger partial charge in [-0.1, -0.05) is 33.6 Å². The summed E-state index contributed by atoms with van der Waals surface area (Å²) in [5, 5.41) is 14.6. The van der Waals surface area contributed by atoms with E-state index >= 15 is 0 Å². The van der Waals surface area contributed by atoms with E-state index in [0.29, 0.717) is 5.92 Å². The molecule has 1 aliphatic carbocycles. The third-order valence-corrected chi connectivity index (χ3v) is 3.79. The van der Waals surface area contributed by atoms with Gasteiger partial charge in [-0.2, -0.15) is 0 Å². The van der Waals surface area contributed by atoms with Crippen molar-refractivity contribution >= 4 is 12.0 Å². The molecule has 0 saturated heterocycles. The van der Waals surface area contributed by atoms with E-state index in [4.69, 9.17) is 5.11 Å². The molecule has 3 N–H and O–H groups in total. The van der Waals surface area contributed by atoms with Crippen LogP contribution in [0.4, 0.5) is 4.79 Å². The Hall–Kier alpha value is -1.26. The van der Waals surface area contributed by atoms with Crippen LogP contribution in [0.15, 0.2) is 0 Å². The normalized spacial score (nSPS) is 24.8. The third kappa shape index (κ3) is 5.94. The van der Waals surface area contributed by atoms with Gasteiger partial charge in [0.1, 0.15) is 0 Å². The highest BCUT2D eigenvalue weighted by Crippen LogP contribution is 2.23. The summed E-state index contributed by atoms with van der Waals surface area (Å²) in [5.74, 6) is -0.128. The van der Waals surface area contributed by atoms with Gasteiger partial charge in [-0.25, -0.2) is 4.79 Å². The van der Waals surface area contributed by atoms with Gasteiger partial charge in [-0.3, -0.25) is 4.79 Å². The number of carbonyl (C=O) groups excluding carboxylic acids is 1. The molecule has 0 aromatic carbocycles. The Labute approximate surface area is 115 Å². The van der Waals surface area contributed by atoms with Gasteiger partial charge in [0, 0.05) is 12.1 Å². The maximum absolute atomic E-state index is 11.9. The van der Waals surface area contributed by atoms with Gasteiger partial charge in [0.15, 0.2) is 0 Å². The minimum absolute atomic E-state index is 0.0356. The molecular formula is C14H26N2O3. The van der Waals surface area contributed by atoms with Crippen LogP contribution in [0.2, 0.25) is 0 Å². The summed E-state index contributed by atoms with van der Waals surface area (Å²) in [4.78, 5) is 22.7. The molecule has 0 aromatic rings. The fourth-order valence-electron chi connectivity index (χ4n) is 2.60. The molecule has 5 nitrogen and oxygen atoms in total. The van der Waals surface area contributed by atoms with Crippen molar-refractivity contribution in [1.29, 1.82) is 0 Å². The largest absolute Gasteiger partial charge is 0.481 e. The Morgan fingerprint density at radius 3 is 2.53 bits per heavy atom. The lowest BCUT2D eigenvalue weighted by molar-refractivity contribution is -0.137. The molecule has 110 valence electrons. The summed E-state index contributed by atoms with van der Waals surface area (Å²) >= 11 is 0. The van der Waals surface area contributed by atoms with Gasteiger partial charge in [0.2, 0.25) is 0 Å². The number of carboxylic acid groups (broad SMARTS) is 1. The minimum Gasteiger partial charge on any atom is -0.481 e. The molecule has 0 bridgehead atoms. The quantitative estimate of drug-likeness (QED) is 0.717. The number of hydrogen-bond acceptors (Lipinski definition) is 2. The maximum atomic E-state index is 11.9. The molecule has 3 unspecified atom stereocenters. The molecule has 0 aromatic heterocycles. The molecule has 19 heavy (non-hydrogen) atoms. The molecule has 1 fully saturated rings. The number of aliphatic carboxylic acids is 1. The van der Waals surface area contributed by atoms with Crippen LogP contribution >= 0.6 is 0 Å². The first kappa shape index (κ1) is 15.8. The first-order valence-corrected chi connectivity index (χ1v) is 7.17. The Bertz CT molecular complexity index is 318. The topological polar surface area (TPSA) is 78.4 Å². The zero-order valence-electron chi connectivity index (χ0n) is 12.1. The predicted octanol–water partition coefficient (Wildman–Crippen LogP) is 2.36. The lowest BCUT2D eigenvalue weighted by Gasteiger charge is -2.29. The van der Waals surface area contributed by atoms with Gasteiger partial charge in [0.05, 0.1) is 6.42 Å². The molecule has 0 spiro atoms. The average Bonchev–Trinajstić information content (AvgIpc) is 2.27. The van der Waals surface area contributed by atoms with Gasteiger partial charge < -0.3 is 15.7 Å². The second-order valence-corrected chi connectivity index (χ2v) is 6.03. The first-order chi connectivity index (χ1) is 8.88. The molecule has 2 amide bonds. The summed E-state index contributed by atoms with van der Waals surface area (Å²) < 4.78 is 0. The smallest absolute Gasteiger partial charge is 0.315 e. The van der Waals surface area contributed by atoms with Crippen LogP contribution in [0, 0.1) is 11.8 Å². The van der Waals surface area contributed by atoms with Crippen LogP contribution in [0.3, 0.4) is 0 Å². The highest BCUT2D eigenvalue weighted by molar-refractivity contribution is 5.76. The highest BCUT2D eigenvalue weighted by Gasteiger charge is 2.23. The van der Waals surface area contributed by atoms with E-state index in [-0.39, 0.29) is 30.5 Å². The van der Waals surface area contributed by atoms with Crippen molar-refractivity contribution in [2.75, 3.05) is 0 Å². The molecular weight excluding hydrogens is 244 g/mol. The summed E-state index contributed by atoms with van der Waals surface area (Å²) in [6.07, 6.45) is 4.37. The van der Waals surface area contributed by atoms with Gasteiger partial charge in [0.25, 0.3) is 0 Å². The standard InChI is InChI=1S/C14H26N2O3/c1-9(2)12(8-13(17)18)16-14(19)15-11-6-4-5-10(3)7-11/h9-12H,4-8H2,1-3H3,(H,17,18)(H2,15,16,19). The molecule has 0 aliphatic heterocycles. The molecule has 3 atom stereocenters. The third-order valence-electron chi connectivity index (χ3n) is 3.79. The van der Waals surface area contributed by atoms with E-state index in [1.165, 1.54) is 6.42 Å². The van der Waals surface area contributed by atoms with Gasteiger partial charge in [-0.15, -0.1) is 0 Å². The summed E-state index contributed by atoms with van der Waals surface area (Å²) in [5.41, 5.74) is 0. The second-order valence-electron chi connectivity index (χ2n) is 6.03. The number of nitrogens with one attached hydrogen (secondary N) is 2. The van der Waals surface area contributed by atoms with Crippen molar-refractivity contribution in [2.24, 2.45) is 11.8 Å². The van der Waals surface area contributed by atoms with Crippen molar-refractivity contribution in [2.45, 2.75) is 65.0 Å². The van der Waals surface area contributed by atoms with Gasteiger partial charge in [-0.05, 0) is 24.7 Å². The lowest BCUT2D eigenvalue weighted by atomic mass is 9.87. The summed E-state index contributed by atoms with van der Waals surface area (Å²) in [6, 6.07) is -0.334. The van der Waals surface area contributed by atoms with E-state index in [1.54, 1.807) is 0 Å². The lowest BCUT2D eigenvalue weighted by Crippen LogP contribution is -2.49. The molecule has 1 rings (SSSR count). The van der Waals surface area contributed by atoms with E-state index in [0.717, 1.165) is 19.3 Å². The molecule has 0 heterocycles. The average molecular weight is 270 g/mol. The van der Waals surface area contributed by atoms with Crippen LogP contribution in [0.1, 0.15) is 52.9 Å². The zero-order chi connectivity index (χ0) is 14.4. The van der Waals surface area contributed by atoms with E-state index in [1.807, 2.05) is 13.8 Å². The summed E-state index contributed by atoms with van der Waals surface area (Å²) in [6.45, 7) is 6.03. The fourth-order valence-corrected chi connectivity index (χ4v) is 2.60. The van der Waals surface area contributed by atoms with Crippen molar-refractivity contribution < 1.29 is 14.7 Å². The number of amides is 2. The van der Waals surface area contributed by atoms with E-state index in [9.17, 15) is 9.59 Å². The number of hydrogen-bond donors (Lipinski definition) is 3. The van der Waals surface area contributed by atoms with Crippen LogP contribution in [0.25, 0.3) is 0 Å². The van der Waals surface area contributed by atoms with Crippen molar-refractivity contribution in [3.05, 3.63) is 0 Å². The number of urea groups is 1. The molecule has 1 aliphatic rings. The summed E-state index contributed by atoms with van der Waals surface area (Å²) in [7, 11) is 0.